The molecule has 0 aromatic heterocycles. The minimum Gasteiger partial charge on any atom is -0.492 e. The SMILES string of the molecule is COC(=O)c1ccc(OCCN2CCO[C@@H]3CCCC[C@H]32)cc1. The zero-order valence-corrected chi connectivity index (χ0v) is 13.7. The fraction of sp³-hybridized carbons (Fsp3) is 0.611. The van der Waals surface area contributed by atoms with E-state index in [4.69, 9.17) is 9.47 Å². The number of hydrogen-bond acceptors (Lipinski definition) is 5. The van der Waals surface area contributed by atoms with Crippen LogP contribution in [-0.2, 0) is 9.47 Å². The first-order valence-corrected chi connectivity index (χ1v) is 8.45. The molecular formula is C18H25NO4. The lowest BCUT2D eigenvalue weighted by Gasteiger charge is -2.43. The van der Waals surface area contributed by atoms with Crippen LogP contribution in [-0.4, -0.2) is 56.4 Å². The van der Waals surface area contributed by atoms with E-state index in [2.05, 4.69) is 9.64 Å². The van der Waals surface area contributed by atoms with Crippen LogP contribution in [0, 0.1) is 0 Å². The Bertz CT molecular complexity index is 514. The fourth-order valence-corrected chi connectivity index (χ4v) is 3.54. The molecule has 1 aliphatic carbocycles. The highest BCUT2D eigenvalue weighted by atomic mass is 16.5. The third-order valence-electron chi connectivity index (χ3n) is 4.77. The Labute approximate surface area is 137 Å². The molecule has 5 nitrogen and oxygen atoms in total. The molecule has 1 saturated heterocycles. The minimum absolute atomic E-state index is 0.326. The van der Waals surface area contributed by atoms with Gasteiger partial charge in [-0.3, -0.25) is 4.90 Å². The van der Waals surface area contributed by atoms with Gasteiger partial charge in [0.2, 0.25) is 0 Å². The molecule has 2 fully saturated rings. The van der Waals surface area contributed by atoms with E-state index in [0.29, 0.717) is 24.3 Å². The van der Waals surface area contributed by atoms with Gasteiger partial charge in [-0.1, -0.05) is 12.8 Å². The number of fused-ring (bicyclic) bond motifs is 1. The third kappa shape index (κ3) is 4.03. The van der Waals surface area contributed by atoms with Gasteiger partial charge in [0.15, 0.2) is 0 Å². The van der Waals surface area contributed by atoms with Gasteiger partial charge in [-0.05, 0) is 37.1 Å². The summed E-state index contributed by atoms with van der Waals surface area (Å²) in [7, 11) is 1.38. The smallest absolute Gasteiger partial charge is 0.337 e. The van der Waals surface area contributed by atoms with Crippen molar-refractivity contribution in [1.82, 2.24) is 4.90 Å². The highest BCUT2D eigenvalue weighted by Crippen LogP contribution is 2.28. The van der Waals surface area contributed by atoms with Crippen LogP contribution >= 0.6 is 0 Å². The summed E-state index contributed by atoms with van der Waals surface area (Å²) in [6, 6.07) is 7.65. The Morgan fingerprint density at radius 3 is 2.83 bits per heavy atom. The molecule has 1 saturated carbocycles. The van der Waals surface area contributed by atoms with Gasteiger partial charge in [0.25, 0.3) is 0 Å². The molecule has 2 aliphatic rings. The Kier molecular flexibility index (Phi) is 5.51. The number of esters is 1. The van der Waals surface area contributed by atoms with Crippen molar-refractivity contribution in [3.63, 3.8) is 0 Å². The van der Waals surface area contributed by atoms with E-state index >= 15 is 0 Å². The summed E-state index contributed by atoms with van der Waals surface area (Å²) in [6.45, 7) is 3.39. The van der Waals surface area contributed by atoms with E-state index in [0.717, 1.165) is 25.4 Å². The van der Waals surface area contributed by atoms with Gasteiger partial charge < -0.3 is 14.2 Å². The lowest BCUT2D eigenvalue weighted by Crippen LogP contribution is -2.53. The minimum atomic E-state index is -0.326. The maximum absolute atomic E-state index is 11.4. The second-order valence-electron chi connectivity index (χ2n) is 6.16. The molecule has 3 rings (SSSR count). The molecule has 0 N–H and O–H groups in total. The molecule has 2 atom stereocenters. The Hall–Kier alpha value is -1.59. The number of methoxy groups -OCH3 is 1. The van der Waals surface area contributed by atoms with Gasteiger partial charge in [-0.25, -0.2) is 4.79 Å². The molecule has 23 heavy (non-hydrogen) atoms. The van der Waals surface area contributed by atoms with Gasteiger partial charge in [-0.15, -0.1) is 0 Å². The standard InChI is InChI=1S/C18H25NO4/c1-21-18(20)14-6-8-15(9-7-14)22-12-10-19-11-13-23-17-5-3-2-4-16(17)19/h6-9,16-17H,2-5,10-13H2,1H3/t16-,17-/m1/s1. The van der Waals surface area contributed by atoms with Gasteiger partial charge in [0.1, 0.15) is 12.4 Å². The van der Waals surface area contributed by atoms with Crippen molar-refractivity contribution in [3.05, 3.63) is 29.8 Å². The second kappa shape index (κ2) is 7.79. The summed E-state index contributed by atoms with van der Waals surface area (Å²) >= 11 is 0. The Balaban J connectivity index is 1.48. The van der Waals surface area contributed by atoms with Crippen molar-refractivity contribution in [1.29, 1.82) is 0 Å². The highest BCUT2D eigenvalue weighted by Gasteiger charge is 2.33. The number of nitrogens with zero attached hydrogens (tertiary/aromatic N) is 1. The zero-order chi connectivity index (χ0) is 16.1. The maximum Gasteiger partial charge on any atom is 0.337 e. The van der Waals surface area contributed by atoms with Crippen LogP contribution in [0.3, 0.4) is 0 Å². The van der Waals surface area contributed by atoms with Crippen LogP contribution in [0.2, 0.25) is 0 Å². The van der Waals surface area contributed by atoms with Crippen LogP contribution in [0.1, 0.15) is 36.0 Å². The molecule has 1 aromatic rings. The van der Waals surface area contributed by atoms with Crippen molar-refractivity contribution in [2.45, 2.75) is 37.8 Å². The number of rotatable bonds is 5. The van der Waals surface area contributed by atoms with E-state index in [-0.39, 0.29) is 5.97 Å². The number of carbonyl (C=O) groups excluding carboxylic acids is 1. The van der Waals surface area contributed by atoms with Gasteiger partial charge in [0, 0.05) is 19.1 Å². The lowest BCUT2D eigenvalue weighted by molar-refractivity contribution is -0.0901. The molecule has 1 heterocycles. The van der Waals surface area contributed by atoms with Crippen LogP contribution in [0.25, 0.3) is 0 Å². The van der Waals surface area contributed by atoms with Crippen molar-refractivity contribution in [2.75, 3.05) is 33.4 Å². The average Bonchev–Trinajstić information content (AvgIpc) is 2.62. The van der Waals surface area contributed by atoms with E-state index in [1.165, 1.54) is 32.8 Å². The summed E-state index contributed by atoms with van der Waals surface area (Å²) in [4.78, 5) is 13.9. The Morgan fingerprint density at radius 1 is 1.26 bits per heavy atom. The zero-order valence-electron chi connectivity index (χ0n) is 13.7. The summed E-state index contributed by atoms with van der Waals surface area (Å²) in [6.07, 6.45) is 5.43. The maximum atomic E-state index is 11.4. The van der Waals surface area contributed by atoms with Crippen LogP contribution < -0.4 is 4.74 Å². The number of ether oxygens (including phenoxy) is 3. The predicted molar refractivity (Wildman–Crippen MR) is 86.8 cm³/mol. The molecule has 0 radical (unpaired) electrons. The number of morpholine rings is 1. The molecular weight excluding hydrogens is 294 g/mol. The van der Waals surface area contributed by atoms with Gasteiger partial charge in [-0.2, -0.15) is 0 Å². The van der Waals surface area contributed by atoms with Crippen LogP contribution in [0.15, 0.2) is 24.3 Å². The van der Waals surface area contributed by atoms with Crippen molar-refractivity contribution >= 4 is 5.97 Å². The quantitative estimate of drug-likeness (QED) is 0.781. The molecule has 0 unspecified atom stereocenters. The first kappa shape index (κ1) is 16.3. The number of benzene rings is 1. The number of carbonyl (C=O) groups is 1. The third-order valence-corrected chi connectivity index (χ3v) is 4.77. The van der Waals surface area contributed by atoms with Crippen LogP contribution in [0.4, 0.5) is 0 Å². The molecule has 0 bridgehead atoms. The molecule has 126 valence electrons. The molecule has 1 aliphatic heterocycles. The summed E-state index contributed by atoms with van der Waals surface area (Å²) < 4.78 is 16.4. The molecule has 1 aromatic carbocycles. The highest BCUT2D eigenvalue weighted by molar-refractivity contribution is 5.89. The van der Waals surface area contributed by atoms with Crippen molar-refractivity contribution < 1.29 is 19.0 Å². The molecule has 0 amide bonds. The largest absolute Gasteiger partial charge is 0.492 e. The van der Waals surface area contributed by atoms with E-state index in [1.807, 2.05) is 12.1 Å². The van der Waals surface area contributed by atoms with Crippen LogP contribution in [0.5, 0.6) is 5.75 Å². The summed E-state index contributed by atoms with van der Waals surface area (Å²) in [5.41, 5.74) is 0.540. The van der Waals surface area contributed by atoms with Crippen molar-refractivity contribution in [2.24, 2.45) is 0 Å². The monoisotopic (exact) mass is 319 g/mol. The normalized spacial score (nSPS) is 24.7. The average molecular weight is 319 g/mol. The number of hydrogen-bond donors (Lipinski definition) is 0. The molecule has 5 heteroatoms. The summed E-state index contributed by atoms with van der Waals surface area (Å²) in [5, 5.41) is 0. The van der Waals surface area contributed by atoms with E-state index in [9.17, 15) is 4.79 Å². The first-order valence-electron chi connectivity index (χ1n) is 8.45. The van der Waals surface area contributed by atoms with Gasteiger partial charge >= 0.3 is 5.97 Å². The topological polar surface area (TPSA) is 48.0 Å². The van der Waals surface area contributed by atoms with Crippen molar-refractivity contribution in [3.8, 4) is 5.75 Å². The fourth-order valence-electron chi connectivity index (χ4n) is 3.54. The first-order chi connectivity index (χ1) is 11.3. The predicted octanol–water partition coefficient (Wildman–Crippen LogP) is 2.50. The second-order valence-corrected chi connectivity index (χ2v) is 6.16. The van der Waals surface area contributed by atoms with Gasteiger partial charge in [0.05, 0.1) is 25.4 Å². The Morgan fingerprint density at radius 2 is 2.04 bits per heavy atom. The molecule has 0 spiro atoms. The van der Waals surface area contributed by atoms with E-state index in [1.54, 1.807) is 12.1 Å². The van der Waals surface area contributed by atoms with E-state index < -0.39 is 0 Å². The lowest BCUT2D eigenvalue weighted by atomic mass is 9.90. The summed E-state index contributed by atoms with van der Waals surface area (Å²) in [5.74, 6) is 0.458.